The van der Waals surface area contributed by atoms with Gasteiger partial charge in [-0.05, 0) is 67.6 Å². The number of likely N-dealkylation sites (tertiary alicyclic amines) is 1. The number of hydrogen-bond donors (Lipinski definition) is 2. The van der Waals surface area contributed by atoms with E-state index in [0.29, 0.717) is 24.5 Å². The van der Waals surface area contributed by atoms with Gasteiger partial charge in [0.25, 0.3) is 0 Å². The molecule has 2 aromatic rings. The standard InChI is InChI=1S/C23H30FN3O/c1-2-28-21-10-8-17(9-11-21)15-27-12-4-6-19(16-27)23-22(14-25-26-23)18-5-3-7-20(24)13-18/h3,5,7-11,13,19,22-23,25-26H,2,4,6,12,14-16H2,1H3. The first kappa shape index (κ1) is 19.4. The summed E-state index contributed by atoms with van der Waals surface area (Å²) in [6.07, 6.45) is 2.42. The van der Waals surface area contributed by atoms with Crippen LogP contribution in [-0.2, 0) is 6.54 Å². The van der Waals surface area contributed by atoms with Gasteiger partial charge in [-0.3, -0.25) is 15.8 Å². The second-order valence-corrected chi connectivity index (χ2v) is 7.93. The Hall–Kier alpha value is -1.95. The van der Waals surface area contributed by atoms with Crippen molar-refractivity contribution in [3.63, 3.8) is 0 Å². The van der Waals surface area contributed by atoms with Crippen molar-refractivity contribution in [2.24, 2.45) is 5.92 Å². The average molecular weight is 384 g/mol. The fraction of sp³-hybridized carbons (Fsp3) is 0.478. The van der Waals surface area contributed by atoms with E-state index in [1.54, 1.807) is 6.07 Å². The minimum absolute atomic E-state index is 0.149. The van der Waals surface area contributed by atoms with E-state index in [1.165, 1.54) is 24.5 Å². The molecule has 3 atom stereocenters. The quantitative estimate of drug-likeness (QED) is 0.798. The maximum atomic E-state index is 13.7. The van der Waals surface area contributed by atoms with Crippen LogP contribution in [0.3, 0.4) is 0 Å². The van der Waals surface area contributed by atoms with Crippen molar-refractivity contribution in [1.29, 1.82) is 0 Å². The van der Waals surface area contributed by atoms with E-state index >= 15 is 0 Å². The molecule has 4 rings (SSSR count). The number of hydrazine groups is 1. The number of ether oxygens (including phenoxy) is 1. The van der Waals surface area contributed by atoms with Gasteiger partial charge in [-0.15, -0.1) is 0 Å². The third kappa shape index (κ3) is 4.54. The van der Waals surface area contributed by atoms with Crippen LogP contribution in [0.5, 0.6) is 5.75 Å². The Bertz CT molecular complexity index is 767. The number of halogens is 1. The van der Waals surface area contributed by atoms with Gasteiger partial charge in [0.1, 0.15) is 11.6 Å². The van der Waals surface area contributed by atoms with Crippen LogP contribution in [0.4, 0.5) is 4.39 Å². The molecular formula is C23H30FN3O. The molecule has 0 aromatic heterocycles. The molecular weight excluding hydrogens is 353 g/mol. The molecule has 2 saturated heterocycles. The van der Waals surface area contributed by atoms with E-state index in [1.807, 2.05) is 13.0 Å². The zero-order chi connectivity index (χ0) is 19.3. The number of benzene rings is 2. The van der Waals surface area contributed by atoms with Gasteiger partial charge in [-0.2, -0.15) is 0 Å². The largest absolute Gasteiger partial charge is 0.494 e. The van der Waals surface area contributed by atoms with Crippen LogP contribution in [0.1, 0.15) is 36.8 Å². The van der Waals surface area contributed by atoms with Gasteiger partial charge >= 0.3 is 0 Å². The molecule has 2 aliphatic rings. The molecule has 2 aliphatic heterocycles. The van der Waals surface area contributed by atoms with Gasteiger partial charge < -0.3 is 4.74 Å². The molecule has 0 radical (unpaired) electrons. The number of nitrogens with zero attached hydrogens (tertiary/aromatic N) is 1. The summed E-state index contributed by atoms with van der Waals surface area (Å²) in [5.41, 5.74) is 9.21. The number of rotatable bonds is 6. The Kier molecular flexibility index (Phi) is 6.25. The summed E-state index contributed by atoms with van der Waals surface area (Å²) in [5, 5.41) is 0. The van der Waals surface area contributed by atoms with Gasteiger partial charge in [-0.1, -0.05) is 24.3 Å². The Morgan fingerprint density at radius 2 is 2.04 bits per heavy atom. The van der Waals surface area contributed by atoms with Crippen molar-refractivity contribution in [1.82, 2.24) is 15.8 Å². The number of hydrogen-bond acceptors (Lipinski definition) is 4. The highest BCUT2D eigenvalue weighted by molar-refractivity contribution is 5.27. The molecule has 0 bridgehead atoms. The molecule has 28 heavy (non-hydrogen) atoms. The molecule has 5 heteroatoms. The summed E-state index contributed by atoms with van der Waals surface area (Å²) in [6.45, 7) is 6.72. The second-order valence-electron chi connectivity index (χ2n) is 7.93. The minimum atomic E-state index is -0.149. The summed E-state index contributed by atoms with van der Waals surface area (Å²) >= 11 is 0. The monoisotopic (exact) mass is 383 g/mol. The van der Waals surface area contributed by atoms with E-state index in [2.05, 4.69) is 46.1 Å². The third-order valence-electron chi connectivity index (χ3n) is 5.99. The van der Waals surface area contributed by atoms with Gasteiger partial charge in [-0.25, -0.2) is 4.39 Å². The van der Waals surface area contributed by atoms with E-state index in [4.69, 9.17) is 4.74 Å². The van der Waals surface area contributed by atoms with Gasteiger partial charge in [0.2, 0.25) is 0 Å². The Morgan fingerprint density at radius 1 is 1.18 bits per heavy atom. The zero-order valence-corrected chi connectivity index (χ0v) is 16.5. The van der Waals surface area contributed by atoms with Crippen LogP contribution in [-0.4, -0.2) is 37.2 Å². The summed E-state index contributed by atoms with van der Waals surface area (Å²) in [4.78, 5) is 2.55. The predicted octanol–water partition coefficient (Wildman–Crippen LogP) is 3.70. The normalized spacial score (nSPS) is 25.7. The molecule has 2 heterocycles. The van der Waals surface area contributed by atoms with Crippen molar-refractivity contribution in [3.05, 3.63) is 65.5 Å². The minimum Gasteiger partial charge on any atom is -0.494 e. The first-order valence-corrected chi connectivity index (χ1v) is 10.4. The van der Waals surface area contributed by atoms with Crippen LogP contribution in [0, 0.1) is 11.7 Å². The van der Waals surface area contributed by atoms with Crippen LogP contribution in [0.25, 0.3) is 0 Å². The SMILES string of the molecule is CCOc1ccc(CN2CCCC(C3NNCC3c3cccc(F)c3)C2)cc1. The molecule has 150 valence electrons. The third-order valence-corrected chi connectivity index (χ3v) is 5.99. The van der Waals surface area contributed by atoms with Gasteiger partial charge in [0.05, 0.1) is 6.61 Å². The molecule has 2 aromatic carbocycles. The molecule has 0 aliphatic carbocycles. The van der Waals surface area contributed by atoms with E-state index in [0.717, 1.165) is 37.5 Å². The summed E-state index contributed by atoms with van der Waals surface area (Å²) < 4.78 is 19.3. The Labute approximate surface area is 167 Å². The molecule has 2 N–H and O–H groups in total. The highest BCUT2D eigenvalue weighted by Crippen LogP contribution is 2.32. The molecule has 0 saturated carbocycles. The van der Waals surface area contributed by atoms with Crippen molar-refractivity contribution in [2.45, 2.75) is 38.3 Å². The van der Waals surface area contributed by atoms with E-state index in [9.17, 15) is 4.39 Å². The molecule has 0 spiro atoms. The van der Waals surface area contributed by atoms with Crippen LogP contribution in [0.2, 0.25) is 0 Å². The fourth-order valence-electron chi connectivity index (χ4n) is 4.67. The van der Waals surface area contributed by atoms with Crippen LogP contribution < -0.4 is 15.6 Å². The maximum absolute atomic E-state index is 13.7. The smallest absolute Gasteiger partial charge is 0.123 e. The van der Waals surface area contributed by atoms with Crippen molar-refractivity contribution in [2.75, 3.05) is 26.2 Å². The first-order valence-electron chi connectivity index (χ1n) is 10.4. The maximum Gasteiger partial charge on any atom is 0.123 e. The van der Waals surface area contributed by atoms with E-state index in [-0.39, 0.29) is 5.82 Å². The molecule has 3 unspecified atom stereocenters. The highest BCUT2D eigenvalue weighted by atomic mass is 19.1. The topological polar surface area (TPSA) is 36.5 Å². The predicted molar refractivity (Wildman–Crippen MR) is 110 cm³/mol. The van der Waals surface area contributed by atoms with Crippen molar-refractivity contribution < 1.29 is 9.13 Å². The fourth-order valence-corrected chi connectivity index (χ4v) is 4.67. The molecule has 0 amide bonds. The zero-order valence-electron chi connectivity index (χ0n) is 16.5. The lowest BCUT2D eigenvalue weighted by Gasteiger charge is -2.37. The number of nitrogens with one attached hydrogen (secondary N) is 2. The lowest BCUT2D eigenvalue weighted by atomic mass is 9.81. The van der Waals surface area contributed by atoms with Crippen LogP contribution in [0.15, 0.2) is 48.5 Å². The Morgan fingerprint density at radius 3 is 2.82 bits per heavy atom. The summed E-state index contributed by atoms with van der Waals surface area (Å²) in [5.74, 6) is 1.65. The summed E-state index contributed by atoms with van der Waals surface area (Å²) in [6, 6.07) is 15.9. The summed E-state index contributed by atoms with van der Waals surface area (Å²) in [7, 11) is 0. The Balaban J connectivity index is 1.40. The van der Waals surface area contributed by atoms with Crippen LogP contribution >= 0.6 is 0 Å². The lowest BCUT2D eigenvalue weighted by Crippen LogP contribution is -2.46. The van der Waals surface area contributed by atoms with Gasteiger partial charge in [0, 0.05) is 31.6 Å². The van der Waals surface area contributed by atoms with Gasteiger partial charge in [0.15, 0.2) is 0 Å². The second kappa shape index (κ2) is 9.03. The molecule has 2 fully saturated rings. The first-order chi connectivity index (χ1) is 13.7. The average Bonchev–Trinajstić information content (AvgIpc) is 3.20. The van der Waals surface area contributed by atoms with Crippen molar-refractivity contribution in [3.8, 4) is 5.75 Å². The lowest BCUT2D eigenvalue weighted by molar-refractivity contribution is 0.139. The highest BCUT2D eigenvalue weighted by Gasteiger charge is 2.36. The van der Waals surface area contributed by atoms with Crippen molar-refractivity contribution >= 4 is 0 Å². The molecule has 4 nitrogen and oxygen atoms in total. The van der Waals surface area contributed by atoms with E-state index < -0.39 is 0 Å². The number of piperidine rings is 1.